The lowest BCUT2D eigenvalue weighted by atomic mass is 9.96. The average molecular weight is 504 g/mol. The Balaban J connectivity index is 0.00000261. The maximum Gasteiger partial charge on any atom is 0.232 e. The highest BCUT2D eigenvalue weighted by Gasteiger charge is 2.44. The SMILES string of the molecule is CN=C(NCc1noc(C(C)(C)C)n1)NCC1(c2cccc(Cl)c2)CC1.I. The van der Waals surface area contributed by atoms with Crippen molar-refractivity contribution in [1.29, 1.82) is 0 Å². The molecule has 1 aliphatic rings. The van der Waals surface area contributed by atoms with E-state index >= 15 is 0 Å². The molecule has 0 aliphatic heterocycles. The average Bonchev–Trinajstić information content (AvgIpc) is 3.22. The summed E-state index contributed by atoms with van der Waals surface area (Å²) >= 11 is 6.14. The summed E-state index contributed by atoms with van der Waals surface area (Å²) in [5.41, 5.74) is 1.27. The van der Waals surface area contributed by atoms with Crippen LogP contribution in [0.4, 0.5) is 0 Å². The molecule has 0 bridgehead atoms. The minimum absolute atomic E-state index is 0. The van der Waals surface area contributed by atoms with Gasteiger partial charge in [-0.3, -0.25) is 4.99 Å². The van der Waals surface area contributed by atoms with Crippen molar-refractivity contribution < 1.29 is 4.52 Å². The van der Waals surface area contributed by atoms with Crippen molar-refractivity contribution in [3.8, 4) is 0 Å². The molecule has 1 aromatic heterocycles. The van der Waals surface area contributed by atoms with Gasteiger partial charge in [-0.1, -0.05) is 49.7 Å². The van der Waals surface area contributed by atoms with E-state index in [2.05, 4.69) is 37.9 Å². The first kappa shape index (κ1) is 21.9. The Morgan fingerprint density at radius 3 is 2.59 bits per heavy atom. The molecule has 2 N–H and O–H groups in total. The minimum Gasteiger partial charge on any atom is -0.356 e. The van der Waals surface area contributed by atoms with Crippen molar-refractivity contribution in [3.05, 3.63) is 46.6 Å². The van der Waals surface area contributed by atoms with E-state index in [1.807, 2.05) is 32.9 Å². The highest BCUT2D eigenvalue weighted by atomic mass is 127. The summed E-state index contributed by atoms with van der Waals surface area (Å²) < 4.78 is 5.31. The van der Waals surface area contributed by atoms with E-state index in [9.17, 15) is 0 Å². The third-order valence-corrected chi connectivity index (χ3v) is 4.87. The van der Waals surface area contributed by atoms with Crippen LogP contribution in [0.15, 0.2) is 33.8 Å². The van der Waals surface area contributed by atoms with Crippen molar-refractivity contribution in [2.24, 2.45) is 4.99 Å². The van der Waals surface area contributed by atoms with Crippen LogP contribution in [0, 0.1) is 0 Å². The van der Waals surface area contributed by atoms with E-state index in [0.717, 1.165) is 30.4 Å². The normalized spacial score (nSPS) is 15.8. The number of halogens is 2. The molecule has 0 spiro atoms. The second-order valence-corrected chi connectivity index (χ2v) is 8.27. The fourth-order valence-electron chi connectivity index (χ4n) is 2.80. The number of hydrogen-bond donors (Lipinski definition) is 2. The van der Waals surface area contributed by atoms with E-state index in [4.69, 9.17) is 16.1 Å². The summed E-state index contributed by atoms with van der Waals surface area (Å²) in [4.78, 5) is 8.71. The third-order valence-electron chi connectivity index (χ3n) is 4.63. The Labute approximate surface area is 182 Å². The van der Waals surface area contributed by atoms with Crippen LogP contribution in [-0.4, -0.2) is 29.7 Å². The fraction of sp³-hybridized carbons (Fsp3) is 0.526. The number of rotatable bonds is 5. The Morgan fingerprint density at radius 1 is 1.30 bits per heavy atom. The first-order valence-electron chi connectivity index (χ1n) is 8.86. The van der Waals surface area contributed by atoms with E-state index in [-0.39, 0.29) is 34.8 Å². The van der Waals surface area contributed by atoms with Crippen molar-refractivity contribution in [3.63, 3.8) is 0 Å². The second-order valence-electron chi connectivity index (χ2n) is 7.84. The molecular formula is C19H27ClIN5O. The molecule has 148 valence electrons. The van der Waals surface area contributed by atoms with Crippen LogP contribution in [0.5, 0.6) is 0 Å². The molecule has 0 saturated heterocycles. The van der Waals surface area contributed by atoms with Crippen molar-refractivity contribution in [2.75, 3.05) is 13.6 Å². The first-order chi connectivity index (χ1) is 12.3. The minimum atomic E-state index is -0.152. The zero-order chi connectivity index (χ0) is 18.8. The summed E-state index contributed by atoms with van der Waals surface area (Å²) in [6, 6.07) is 8.11. The van der Waals surface area contributed by atoms with Gasteiger partial charge in [0.25, 0.3) is 0 Å². The lowest BCUT2D eigenvalue weighted by Crippen LogP contribution is -2.41. The molecule has 0 atom stereocenters. The van der Waals surface area contributed by atoms with E-state index < -0.39 is 0 Å². The zero-order valence-electron chi connectivity index (χ0n) is 16.2. The van der Waals surface area contributed by atoms with Crippen LogP contribution < -0.4 is 10.6 Å². The zero-order valence-corrected chi connectivity index (χ0v) is 19.3. The lowest BCUT2D eigenvalue weighted by molar-refractivity contribution is 0.318. The number of aliphatic imine (C=N–C) groups is 1. The van der Waals surface area contributed by atoms with Crippen LogP contribution in [0.25, 0.3) is 0 Å². The molecule has 0 radical (unpaired) electrons. The molecule has 8 heteroatoms. The van der Waals surface area contributed by atoms with Crippen molar-refractivity contribution in [1.82, 2.24) is 20.8 Å². The number of nitrogens with one attached hydrogen (secondary N) is 2. The number of hydrogen-bond acceptors (Lipinski definition) is 4. The number of benzene rings is 1. The predicted octanol–water partition coefficient (Wildman–Crippen LogP) is 4.04. The highest BCUT2D eigenvalue weighted by Crippen LogP contribution is 2.48. The number of guanidine groups is 1. The van der Waals surface area contributed by atoms with Gasteiger partial charge in [0.1, 0.15) is 0 Å². The van der Waals surface area contributed by atoms with Crippen molar-refractivity contribution in [2.45, 2.75) is 51.0 Å². The maximum atomic E-state index is 6.14. The monoisotopic (exact) mass is 503 g/mol. The van der Waals surface area contributed by atoms with Crippen LogP contribution in [0.3, 0.4) is 0 Å². The molecule has 1 aliphatic carbocycles. The summed E-state index contributed by atoms with van der Waals surface area (Å²) in [6.45, 7) is 7.41. The quantitative estimate of drug-likeness (QED) is 0.366. The predicted molar refractivity (Wildman–Crippen MR) is 119 cm³/mol. The maximum absolute atomic E-state index is 6.14. The molecule has 6 nitrogen and oxygen atoms in total. The molecule has 2 aromatic rings. The lowest BCUT2D eigenvalue weighted by Gasteiger charge is -2.19. The largest absolute Gasteiger partial charge is 0.356 e. The molecule has 3 rings (SSSR count). The molecule has 1 heterocycles. The van der Waals surface area contributed by atoms with Crippen LogP contribution in [-0.2, 0) is 17.4 Å². The van der Waals surface area contributed by atoms with Gasteiger partial charge in [-0.25, -0.2) is 0 Å². The van der Waals surface area contributed by atoms with E-state index in [1.165, 1.54) is 5.56 Å². The molecule has 1 fully saturated rings. The smallest absolute Gasteiger partial charge is 0.232 e. The molecule has 1 saturated carbocycles. The van der Waals surface area contributed by atoms with Gasteiger partial charge in [-0.2, -0.15) is 4.98 Å². The number of nitrogens with zero attached hydrogens (tertiary/aromatic N) is 3. The highest BCUT2D eigenvalue weighted by molar-refractivity contribution is 14.0. The molecule has 1 aromatic carbocycles. The number of aromatic nitrogens is 2. The van der Waals surface area contributed by atoms with Gasteiger partial charge in [0, 0.05) is 29.4 Å². The van der Waals surface area contributed by atoms with Gasteiger partial charge >= 0.3 is 0 Å². The van der Waals surface area contributed by atoms with E-state index in [0.29, 0.717) is 18.3 Å². The summed E-state index contributed by atoms with van der Waals surface area (Å²) in [5, 5.41) is 11.5. The van der Waals surface area contributed by atoms with Gasteiger partial charge in [0.05, 0.1) is 6.54 Å². The molecule has 27 heavy (non-hydrogen) atoms. The topological polar surface area (TPSA) is 75.3 Å². The third kappa shape index (κ3) is 5.57. The Bertz CT molecular complexity index is 795. The summed E-state index contributed by atoms with van der Waals surface area (Å²) in [6.07, 6.45) is 2.30. The van der Waals surface area contributed by atoms with Gasteiger partial charge in [-0.05, 0) is 30.5 Å². The molecular weight excluding hydrogens is 477 g/mol. The summed E-state index contributed by atoms with van der Waals surface area (Å²) in [7, 11) is 1.76. The first-order valence-corrected chi connectivity index (χ1v) is 9.24. The standard InChI is InChI=1S/C19H26ClN5O.HI/c1-18(2,3)16-24-15(25-26-16)11-22-17(21-4)23-12-19(8-9-19)13-6-5-7-14(20)10-13;/h5-7,10H,8-9,11-12H2,1-4H3,(H2,21,22,23);1H. The second kappa shape index (κ2) is 8.77. The molecule has 0 amide bonds. The van der Waals surface area contributed by atoms with E-state index in [1.54, 1.807) is 7.05 Å². The van der Waals surface area contributed by atoms with Crippen LogP contribution >= 0.6 is 35.6 Å². The Hall–Kier alpha value is -1.35. The molecule has 0 unspecified atom stereocenters. The van der Waals surface area contributed by atoms with Gasteiger partial charge in [0.2, 0.25) is 5.89 Å². The van der Waals surface area contributed by atoms with Gasteiger partial charge in [0.15, 0.2) is 11.8 Å². The fourth-order valence-corrected chi connectivity index (χ4v) is 2.99. The summed E-state index contributed by atoms with van der Waals surface area (Å²) in [5.74, 6) is 1.98. The van der Waals surface area contributed by atoms with Crippen LogP contribution in [0.1, 0.15) is 50.9 Å². The van der Waals surface area contributed by atoms with Gasteiger partial charge < -0.3 is 15.2 Å². The van der Waals surface area contributed by atoms with Gasteiger partial charge in [-0.15, -0.1) is 24.0 Å². The Kier molecular flexibility index (Phi) is 7.13. The Morgan fingerprint density at radius 2 is 2.04 bits per heavy atom. The van der Waals surface area contributed by atoms with Crippen LogP contribution in [0.2, 0.25) is 5.02 Å². The van der Waals surface area contributed by atoms with Crippen molar-refractivity contribution >= 4 is 41.5 Å².